The van der Waals surface area contributed by atoms with Crippen LogP contribution in [0.1, 0.15) is 20.3 Å². The summed E-state index contributed by atoms with van der Waals surface area (Å²) in [5.74, 6) is 1.96. The van der Waals surface area contributed by atoms with E-state index >= 15 is 0 Å². The minimum Gasteiger partial charge on any atom is -0.305 e. The lowest BCUT2D eigenvalue weighted by Crippen LogP contribution is -2.22. The highest BCUT2D eigenvalue weighted by Crippen LogP contribution is 2.61. The van der Waals surface area contributed by atoms with E-state index in [-0.39, 0.29) is 0 Å². The first kappa shape index (κ1) is 6.66. The van der Waals surface area contributed by atoms with Crippen molar-refractivity contribution in [2.24, 2.45) is 17.3 Å². The van der Waals surface area contributed by atoms with Gasteiger partial charge in [-0.3, -0.25) is 0 Å². The number of likely N-dealkylation sites (tertiary alicyclic amines) is 1. The van der Waals surface area contributed by atoms with E-state index in [0.29, 0.717) is 0 Å². The lowest BCUT2D eigenvalue weighted by atomic mass is 9.92. The molecule has 0 unspecified atom stereocenters. The maximum Gasteiger partial charge on any atom is 0.00407 e. The second kappa shape index (κ2) is 1.76. The SMILES string of the molecule is CC(C)[C@@]12C[C@H]1CN(C)C2. The summed E-state index contributed by atoms with van der Waals surface area (Å²) >= 11 is 0. The van der Waals surface area contributed by atoms with E-state index in [2.05, 4.69) is 25.8 Å². The normalized spacial score (nSPS) is 46.2. The van der Waals surface area contributed by atoms with Gasteiger partial charge < -0.3 is 4.90 Å². The average molecular weight is 139 g/mol. The predicted molar refractivity (Wildman–Crippen MR) is 42.9 cm³/mol. The molecular formula is C9H17N. The summed E-state index contributed by atoms with van der Waals surface area (Å²) in [5.41, 5.74) is 0.759. The fraction of sp³-hybridized carbons (Fsp3) is 1.00. The first-order valence-electron chi connectivity index (χ1n) is 4.34. The van der Waals surface area contributed by atoms with Gasteiger partial charge in [-0.1, -0.05) is 13.8 Å². The summed E-state index contributed by atoms with van der Waals surface area (Å²) in [4.78, 5) is 2.48. The van der Waals surface area contributed by atoms with Crippen LogP contribution in [0.3, 0.4) is 0 Å². The Bertz CT molecular complexity index is 153. The summed E-state index contributed by atoms with van der Waals surface area (Å²) in [6.07, 6.45) is 1.51. The van der Waals surface area contributed by atoms with E-state index in [9.17, 15) is 0 Å². The van der Waals surface area contributed by atoms with Crippen LogP contribution in [0.2, 0.25) is 0 Å². The van der Waals surface area contributed by atoms with Crippen molar-refractivity contribution in [2.45, 2.75) is 20.3 Å². The van der Waals surface area contributed by atoms with Gasteiger partial charge in [0.25, 0.3) is 0 Å². The zero-order valence-corrected chi connectivity index (χ0v) is 7.22. The summed E-state index contributed by atoms with van der Waals surface area (Å²) in [6.45, 7) is 7.46. The van der Waals surface area contributed by atoms with E-state index in [4.69, 9.17) is 0 Å². The van der Waals surface area contributed by atoms with Gasteiger partial charge in [0.15, 0.2) is 0 Å². The molecule has 58 valence electrons. The molecule has 1 heterocycles. The number of hydrogen-bond acceptors (Lipinski definition) is 1. The van der Waals surface area contributed by atoms with Crippen LogP contribution >= 0.6 is 0 Å². The lowest BCUT2D eigenvalue weighted by Gasteiger charge is -2.19. The van der Waals surface area contributed by atoms with Gasteiger partial charge in [0.1, 0.15) is 0 Å². The number of rotatable bonds is 1. The molecule has 2 rings (SSSR count). The Morgan fingerprint density at radius 2 is 2.20 bits per heavy atom. The molecule has 1 heteroatoms. The van der Waals surface area contributed by atoms with Crippen molar-refractivity contribution in [3.8, 4) is 0 Å². The van der Waals surface area contributed by atoms with Gasteiger partial charge in [0.05, 0.1) is 0 Å². The van der Waals surface area contributed by atoms with Crippen LogP contribution in [0.15, 0.2) is 0 Å². The van der Waals surface area contributed by atoms with Crippen molar-refractivity contribution >= 4 is 0 Å². The minimum atomic E-state index is 0.759. The number of nitrogens with zero attached hydrogens (tertiary/aromatic N) is 1. The Balaban J connectivity index is 2.08. The van der Waals surface area contributed by atoms with Gasteiger partial charge in [-0.05, 0) is 30.7 Å². The van der Waals surface area contributed by atoms with E-state index in [0.717, 1.165) is 17.3 Å². The largest absolute Gasteiger partial charge is 0.305 e. The topological polar surface area (TPSA) is 3.24 Å². The maximum absolute atomic E-state index is 2.48. The highest BCUT2D eigenvalue weighted by molar-refractivity contribution is 5.10. The molecule has 0 aromatic rings. The minimum absolute atomic E-state index is 0.759. The number of fused-ring (bicyclic) bond motifs is 1. The monoisotopic (exact) mass is 139 g/mol. The smallest absolute Gasteiger partial charge is 0.00407 e. The Morgan fingerprint density at radius 3 is 2.50 bits per heavy atom. The molecule has 1 saturated carbocycles. The molecule has 0 N–H and O–H groups in total. The maximum atomic E-state index is 2.48. The standard InChI is InChI=1S/C9H17N/c1-7(2)9-4-8(9)5-10(3)6-9/h7-8H,4-6H2,1-3H3/t8-,9-/m0/s1. The summed E-state index contributed by atoms with van der Waals surface area (Å²) < 4.78 is 0. The zero-order chi connectivity index (χ0) is 7.35. The van der Waals surface area contributed by atoms with Crippen molar-refractivity contribution in [3.05, 3.63) is 0 Å². The van der Waals surface area contributed by atoms with Gasteiger partial charge in [-0.25, -0.2) is 0 Å². The molecule has 0 bridgehead atoms. The van der Waals surface area contributed by atoms with Crippen LogP contribution in [0.25, 0.3) is 0 Å². The van der Waals surface area contributed by atoms with Gasteiger partial charge in [0.2, 0.25) is 0 Å². The van der Waals surface area contributed by atoms with E-state index in [1.807, 2.05) is 0 Å². The zero-order valence-electron chi connectivity index (χ0n) is 7.22. The number of piperidine rings is 1. The molecule has 0 amide bonds. The molecule has 2 atom stereocenters. The van der Waals surface area contributed by atoms with E-state index in [1.165, 1.54) is 19.5 Å². The third kappa shape index (κ3) is 0.672. The lowest BCUT2D eigenvalue weighted by molar-refractivity contribution is 0.286. The molecule has 0 aromatic carbocycles. The fourth-order valence-corrected chi connectivity index (χ4v) is 2.67. The molecule has 0 aromatic heterocycles. The Morgan fingerprint density at radius 1 is 1.50 bits per heavy atom. The van der Waals surface area contributed by atoms with Gasteiger partial charge in [0, 0.05) is 13.1 Å². The molecular weight excluding hydrogens is 122 g/mol. The van der Waals surface area contributed by atoms with Crippen molar-refractivity contribution in [1.82, 2.24) is 4.90 Å². The Hall–Kier alpha value is -0.0400. The van der Waals surface area contributed by atoms with Crippen molar-refractivity contribution in [2.75, 3.05) is 20.1 Å². The van der Waals surface area contributed by atoms with Crippen LogP contribution < -0.4 is 0 Å². The van der Waals surface area contributed by atoms with Crippen molar-refractivity contribution in [3.63, 3.8) is 0 Å². The third-order valence-electron chi connectivity index (χ3n) is 3.53. The van der Waals surface area contributed by atoms with Crippen LogP contribution in [-0.2, 0) is 0 Å². The first-order chi connectivity index (χ1) is 4.65. The summed E-state index contributed by atoms with van der Waals surface area (Å²) in [6, 6.07) is 0. The third-order valence-corrected chi connectivity index (χ3v) is 3.53. The summed E-state index contributed by atoms with van der Waals surface area (Å²) in [7, 11) is 2.25. The van der Waals surface area contributed by atoms with E-state index in [1.54, 1.807) is 0 Å². The highest BCUT2D eigenvalue weighted by atomic mass is 15.2. The van der Waals surface area contributed by atoms with Gasteiger partial charge in [-0.2, -0.15) is 0 Å². The Labute approximate surface area is 63.4 Å². The molecule has 10 heavy (non-hydrogen) atoms. The predicted octanol–water partition coefficient (Wildman–Crippen LogP) is 1.59. The average Bonchev–Trinajstić information content (AvgIpc) is 2.37. The summed E-state index contributed by atoms with van der Waals surface area (Å²) in [5, 5.41) is 0. The van der Waals surface area contributed by atoms with E-state index < -0.39 is 0 Å². The Kier molecular flexibility index (Phi) is 1.17. The highest BCUT2D eigenvalue weighted by Gasteiger charge is 2.60. The van der Waals surface area contributed by atoms with Crippen LogP contribution in [-0.4, -0.2) is 25.0 Å². The van der Waals surface area contributed by atoms with Crippen LogP contribution in [0, 0.1) is 17.3 Å². The molecule has 2 aliphatic rings. The van der Waals surface area contributed by atoms with Crippen LogP contribution in [0.5, 0.6) is 0 Å². The van der Waals surface area contributed by atoms with Crippen molar-refractivity contribution in [1.29, 1.82) is 0 Å². The molecule has 1 aliphatic carbocycles. The second-order valence-electron chi connectivity index (χ2n) is 4.49. The quantitative estimate of drug-likeness (QED) is 0.533. The fourth-order valence-electron chi connectivity index (χ4n) is 2.67. The molecule has 2 fully saturated rings. The molecule has 1 saturated heterocycles. The molecule has 1 nitrogen and oxygen atoms in total. The van der Waals surface area contributed by atoms with Gasteiger partial charge in [-0.15, -0.1) is 0 Å². The number of hydrogen-bond donors (Lipinski definition) is 0. The first-order valence-corrected chi connectivity index (χ1v) is 4.34. The molecule has 0 radical (unpaired) electrons. The molecule has 0 spiro atoms. The van der Waals surface area contributed by atoms with Gasteiger partial charge >= 0.3 is 0 Å². The second-order valence-corrected chi connectivity index (χ2v) is 4.49. The van der Waals surface area contributed by atoms with Crippen molar-refractivity contribution < 1.29 is 0 Å². The molecule has 1 aliphatic heterocycles. The van der Waals surface area contributed by atoms with Crippen LogP contribution in [0.4, 0.5) is 0 Å².